The van der Waals surface area contributed by atoms with Gasteiger partial charge < -0.3 is 14.8 Å². The van der Waals surface area contributed by atoms with Crippen molar-refractivity contribution in [1.82, 2.24) is 5.32 Å². The molecular formula is C25H20ClNO4. The lowest BCUT2D eigenvalue weighted by Gasteiger charge is -2.14. The molecule has 1 amide bonds. The molecular weight excluding hydrogens is 414 g/mol. The summed E-state index contributed by atoms with van der Waals surface area (Å²) in [5.74, 6) is -1.54. The van der Waals surface area contributed by atoms with Gasteiger partial charge in [0.2, 0.25) is 0 Å². The largest absolute Gasteiger partial charge is 0.480 e. The van der Waals surface area contributed by atoms with Crippen LogP contribution in [0, 0.1) is 6.92 Å². The Bertz CT molecular complexity index is 1250. The molecule has 0 radical (unpaired) electrons. The first-order chi connectivity index (χ1) is 14.9. The van der Waals surface area contributed by atoms with E-state index in [0.29, 0.717) is 16.2 Å². The highest BCUT2D eigenvalue weighted by Gasteiger charge is 2.25. The second-order valence-electron chi connectivity index (χ2n) is 7.33. The minimum atomic E-state index is -1.10. The average molecular weight is 434 g/mol. The van der Waals surface area contributed by atoms with Crippen molar-refractivity contribution in [1.29, 1.82) is 0 Å². The van der Waals surface area contributed by atoms with Gasteiger partial charge in [-0.1, -0.05) is 66.2 Å². The number of benzene rings is 3. The van der Waals surface area contributed by atoms with Gasteiger partial charge in [-0.05, 0) is 41.8 Å². The van der Waals surface area contributed by atoms with E-state index in [1.165, 1.54) is 0 Å². The van der Waals surface area contributed by atoms with Crippen molar-refractivity contribution >= 4 is 34.4 Å². The predicted molar refractivity (Wildman–Crippen MR) is 120 cm³/mol. The third-order valence-corrected chi connectivity index (χ3v) is 5.46. The molecule has 3 aromatic carbocycles. The van der Waals surface area contributed by atoms with Gasteiger partial charge in [-0.15, -0.1) is 0 Å². The van der Waals surface area contributed by atoms with Gasteiger partial charge in [-0.25, -0.2) is 4.79 Å². The topological polar surface area (TPSA) is 79.5 Å². The molecule has 0 unspecified atom stereocenters. The summed E-state index contributed by atoms with van der Waals surface area (Å²) in [5.41, 5.74) is 3.95. The quantitative estimate of drug-likeness (QED) is 0.421. The van der Waals surface area contributed by atoms with Crippen LogP contribution >= 0.6 is 11.6 Å². The van der Waals surface area contributed by atoms with Crippen molar-refractivity contribution in [2.24, 2.45) is 0 Å². The SMILES string of the molecule is Cc1c(C(=O)N[C@@H](Cc2ccccc2)C(=O)O)oc2cc(-c3ccc(Cl)cc3)ccc12. The summed E-state index contributed by atoms with van der Waals surface area (Å²) in [6.45, 7) is 1.79. The van der Waals surface area contributed by atoms with Gasteiger partial charge >= 0.3 is 5.97 Å². The highest BCUT2D eigenvalue weighted by molar-refractivity contribution is 6.30. The third kappa shape index (κ3) is 4.47. The molecule has 1 heterocycles. The molecule has 156 valence electrons. The maximum absolute atomic E-state index is 12.8. The number of carboxylic acids is 1. The number of amides is 1. The minimum Gasteiger partial charge on any atom is -0.480 e. The maximum Gasteiger partial charge on any atom is 0.326 e. The molecule has 1 aromatic heterocycles. The van der Waals surface area contributed by atoms with E-state index in [1.807, 2.05) is 72.8 Å². The number of hydrogen-bond donors (Lipinski definition) is 2. The van der Waals surface area contributed by atoms with Gasteiger partial charge in [0.1, 0.15) is 11.6 Å². The molecule has 2 N–H and O–H groups in total. The van der Waals surface area contributed by atoms with Crippen molar-refractivity contribution < 1.29 is 19.1 Å². The van der Waals surface area contributed by atoms with E-state index in [9.17, 15) is 14.7 Å². The van der Waals surface area contributed by atoms with Crippen LogP contribution in [0.3, 0.4) is 0 Å². The number of hydrogen-bond acceptors (Lipinski definition) is 3. The van der Waals surface area contributed by atoms with E-state index in [-0.39, 0.29) is 12.2 Å². The summed E-state index contributed by atoms with van der Waals surface area (Å²) >= 11 is 5.96. The van der Waals surface area contributed by atoms with Crippen LogP contribution in [0.25, 0.3) is 22.1 Å². The second-order valence-corrected chi connectivity index (χ2v) is 7.76. The number of carboxylic acid groups (broad SMARTS) is 1. The normalized spacial score (nSPS) is 11.9. The number of halogens is 1. The molecule has 0 bridgehead atoms. The molecule has 0 aliphatic rings. The van der Waals surface area contributed by atoms with Crippen LogP contribution in [0.1, 0.15) is 21.7 Å². The van der Waals surface area contributed by atoms with Gasteiger partial charge in [0, 0.05) is 22.4 Å². The third-order valence-electron chi connectivity index (χ3n) is 5.21. The summed E-state index contributed by atoms with van der Waals surface area (Å²) in [6.07, 6.45) is 0.182. The number of rotatable bonds is 6. The number of fused-ring (bicyclic) bond motifs is 1. The Hall–Kier alpha value is -3.57. The maximum atomic E-state index is 12.8. The Balaban J connectivity index is 1.60. The summed E-state index contributed by atoms with van der Waals surface area (Å²) in [7, 11) is 0. The van der Waals surface area contributed by atoms with Crippen molar-refractivity contribution in [3.05, 3.63) is 94.7 Å². The Morgan fingerprint density at radius 1 is 1.00 bits per heavy atom. The zero-order valence-electron chi connectivity index (χ0n) is 16.8. The fraction of sp³-hybridized carbons (Fsp3) is 0.120. The summed E-state index contributed by atoms with van der Waals surface area (Å²) in [6, 6.07) is 21.3. The Kier molecular flexibility index (Phi) is 5.78. The van der Waals surface area contributed by atoms with Crippen LogP contribution in [0.5, 0.6) is 0 Å². The van der Waals surface area contributed by atoms with Gasteiger partial charge in [0.05, 0.1) is 0 Å². The number of carbonyl (C=O) groups is 2. The van der Waals surface area contributed by atoms with Crippen LogP contribution in [0.2, 0.25) is 5.02 Å². The molecule has 0 saturated heterocycles. The van der Waals surface area contributed by atoms with E-state index < -0.39 is 17.9 Å². The molecule has 0 spiro atoms. The van der Waals surface area contributed by atoms with Gasteiger partial charge in [-0.2, -0.15) is 0 Å². The number of carbonyl (C=O) groups excluding carboxylic acids is 1. The monoisotopic (exact) mass is 433 g/mol. The van der Waals surface area contributed by atoms with E-state index >= 15 is 0 Å². The van der Waals surface area contributed by atoms with Crippen molar-refractivity contribution in [2.75, 3.05) is 0 Å². The van der Waals surface area contributed by atoms with Gasteiger partial charge in [0.15, 0.2) is 5.76 Å². The van der Waals surface area contributed by atoms with Crippen LogP contribution in [-0.2, 0) is 11.2 Å². The van der Waals surface area contributed by atoms with E-state index in [4.69, 9.17) is 16.0 Å². The summed E-state index contributed by atoms with van der Waals surface area (Å²) in [5, 5.41) is 13.6. The first-order valence-corrected chi connectivity index (χ1v) is 10.2. The van der Waals surface area contributed by atoms with Crippen molar-refractivity contribution in [3.63, 3.8) is 0 Å². The molecule has 5 nitrogen and oxygen atoms in total. The summed E-state index contributed by atoms with van der Waals surface area (Å²) in [4.78, 5) is 24.5. The molecule has 0 fully saturated rings. The molecule has 31 heavy (non-hydrogen) atoms. The van der Waals surface area contributed by atoms with E-state index in [1.54, 1.807) is 6.92 Å². The Labute approximate surface area is 184 Å². The highest BCUT2D eigenvalue weighted by atomic mass is 35.5. The lowest BCUT2D eigenvalue weighted by molar-refractivity contribution is -0.139. The van der Waals surface area contributed by atoms with E-state index in [0.717, 1.165) is 22.1 Å². The number of aliphatic carboxylic acids is 1. The molecule has 0 saturated carbocycles. The van der Waals surface area contributed by atoms with E-state index in [2.05, 4.69) is 5.32 Å². The Morgan fingerprint density at radius 3 is 2.35 bits per heavy atom. The molecule has 0 aliphatic carbocycles. The molecule has 1 atom stereocenters. The zero-order chi connectivity index (χ0) is 22.0. The highest BCUT2D eigenvalue weighted by Crippen LogP contribution is 2.30. The standard InChI is InChI=1S/C25H20ClNO4/c1-15-20-12-9-18(17-7-10-19(26)11-8-17)14-22(20)31-23(15)24(28)27-21(25(29)30)13-16-5-3-2-4-6-16/h2-12,14,21H,13H2,1H3,(H,27,28)(H,29,30)/t21-/m0/s1. The zero-order valence-corrected chi connectivity index (χ0v) is 17.5. The average Bonchev–Trinajstić information content (AvgIpc) is 3.10. The van der Waals surface area contributed by atoms with Crippen LogP contribution in [0.15, 0.2) is 77.2 Å². The molecule has 6 heteroatoms. The molecule has 0 aliphatic heterocycles. The fourth-order valence-electron chi connectivity index (χ4n) is 3.54. The van der Waals surface area contributed by atoms with Crippen LogP contribution in [0.4, 0.5) is 0 Å². The van der Waals surface area contributed by atoms with Gasteiger partial charge in [0.25, 0.3) is 5.91 Å². The van der Waals surface area contributed by atoms with Crippen molar-refractivity contribution in [2.45, 2.75) is 19.4 Å². The number of aryl methyl sites for hydroxylation is 1. The lowest BCUT2D eigenvalue weighted by atomic mass is 10.0. The smallest absolute Gasteiger partial charge is 0.326 e. The van der Waals surface area contributed by atoms with Crippen LogP contribution in [-0.4, -0.2) is 23.0 Å². The number of furan rings is 1. The lowest BCUT2D eigenvalue weighted by Crippen LogP contribution is -2.42. The minimum absolute atomic E-state index is 0.113. The fourth-order valence-corrected chi connectivity index (χ4v) is 3.66. The Morgan fingerprint density at radius 2 is 1.68 bits per heavy atom. The first-order valence-electron chi connectivity index (χ1n) is 9.79. The molecule has 4 rings (SSSR count). The van der Waals surface area contributed by atoms with Crippen LogP contribution < -0.4 is 5.32 Å². The predicted octanol–water partition coefficient (Wildman–Crippen LogP) is 5.49. The first kappa shape index (κ1) is 20.7. The second kappa shape index (κ2) is 8.66. The van der Waals surface area contributed by atoms with Gasteiger partial charge in [-0.3, -0.25) is 4.79 Å². The number of nitrogens with one attached hydrogen (secondary N) is 1. The summed E-state index contributed by atoms with van der Waals surface area (Å²) < 4.78 is 5.85. The van der Waals surface area contributed by atoms with Crippen molar-refractivity contribution in [3.8, 4) is 11.1 Å². The molecule has 4 aromatic rings.